The third kappa shape index (κ3) is 3.21. The Morgan fingerprint density at radius 2 is 2.00 bits per heavy atom. The van der Waals surface area contributed by atoms with E-state index in [-0.39, 0.29) is 11.9 Å². The van der Waals surface area contributed by atoms with E-state index in [2.05, 4.69) is 42.3 Å². The lowest BCUT2D eigenvalue weighted by Crippen LogP contribution is -2.37. The highest BCUT2D eigenvalue weighted by atomic mass is 79.9. The van der Waals surface area contributed by atoms with E-state index in [0.717, 1.165) is 8.95 Å². The minimum Gasteiger partial charge on any atom is -0.368 e. The number of amides is 1. The van der Waals surface area contributed by atoms with Gasteiger partial charge in [-0.2, -0.15) is 0 Å². The van der Waals surface area contributed by atoms with Gasteiger partial charge in [0.2, 0.25) is 5.96 Å². The van der Waals surface area contributed by atoms with Crippen molar-refractivity contribution < 1.29 is 4.79 Å². The number of hydrogen-bond donors (Lipinski definition) is 3. The van der Waals surface area contributed by atoms with Crippen LogP contribution >= 0.6 is 31.9 Å². The van der Waals surface area contributed by atoms with Crippen LogP contribution in [0.2, 0.25) is 0 Å². The fourth-order valence-corrected chi connectivity index (χ4v) is 1.48. The van der Waals surface area contributed by atoms with Crippen molar-refractivity contribution in [1.29, 1.82) is 0 Å². The largest absolute Gasteiger partial charge is 0.368 e. The topological polar surface area (TPSA) is 93.5 Å². The molecule has 0 unspecified atom stereocenters. The maximum absolute atomic E-state index is 11.5. The maximum atomic E-state index is 11.5. The number of carbonyl (C=O) groups excluding carboxylic acids is 1. The number of nitrogens with one attached hydrogen (secondary N) is 1. The van der Waals surface area contributed by atoms with Crippen LogP contribution in [0.1, 0.15) is 10.4 Å². The summed E-state index contributed by atoms with van der Waals surface area (Å²) < 4.78 is 1.64. The molecule has 1 amide bonds. The predicted octanol–water partition coefficient (Wildman–Crippen LogP) is 1.13. The van der Waals surface area contributed by atoms with Crippen LogP contribution in [0.3, 0.4) is 0 Å². The molecule has 5 N–H and O–H groups in total. The molecule has 0 bridgehead atoms. The third-order valence-corrected chi connectivity index (χ3v) is 3.44. The average molecular weight is 336 g/mol. The van der Waals surface area contributed by atoms with E-state index in [9.17, 15) is 4.79 Å². The zero-order valence-electron chi connectivity index (χ0n) is 7.50. The Hall–Kier alpha value is -1.08. The van der Waals surface area contributed by atoms with E-state index in [1.807, 2.05) is 0 Å². The number of carbonyl (C=O) groups is 1. The summed E-state index contributed by atoms with van der Waals surface area (Å²) in [5.74, 6) is 4.39. The quantitative estimate of drug-likeness (QED) is 0.311. The van der Waals surface area contributed by atoms with Gasteiger partial charge in [0.25, 0.3) is 5.91 Å². The SMILES string of the molecule is NN=C(N)NC(=O)c1ccc(Br)c(Br)c1. The number of hydrogen-bond acceptors (Lipinski definition) is 3. The molecule has 5 nitrogen and oxygen atoms in total. The summed E-state index contributed by atoms with van der Waals surface area (Å²) in [4.78, 5) is 11.5. The molecule has 0 aromatic heterocycles. The molecule has 0 aliphatic carbocycles. The van der Waals surface area contributed by atoms with E-state index in [4.69, 9.17) is 11.6 Å². The van der Waals surface area contributed by atoms with E-state index < -0.39 is 0 Å². The molecule has 0 aliphatic rings. The van der Waals surface area contributed by atoms with Crippen molar-refractivity contribution in [2.45, 2.75) is 0 Å². The van der Waals surface area contributed by atoms with Gasteiger partial charge in [-0.1, -0.05) is 0 Å². The fourth-order valence-electron chi connectivity index (χ4n) is 0.858. The van der Waals surface area contributed by atoms with Crippen LogP contribution in [-0.4, -0.2) is 11.9 Å². The Labute approximate surface area is 103 Å². The van der Waals surface area contributed by atoms with Gasteiger partial charge in [0.15, 0.2) is 0 Å². The molecule has 0 aliphatic heterocycles. The lowest BCUT2D eigenvalue weighted by Gasteiger charge is -2.04. The molecule has 15 heavy (non-hydrogen) atoms. The van der Waals surface area contributed by atoms with Crippen LogP contribution in [0, 0.1) is 0 Å². The zero-order chi connectivity index (χ0) is 11.4. The first-order chi connectivity index (χ1) is 7.04. The normalized spacial score (nSPS) is 11.2. The molecule has 0 spiro atoms. The summed E-state index contributed by atoms with van der Waals surface area (Å²) in [6.07, 6.45) is 0. The monoisotopic (exact) mass is 334 g/mol. The highest BCUT2D eigenvalue weighted by Gasteiger charge is 2.08. The highest BCUT2D eigenvalue weighted by Crippen LogP contribution is 2.23. The Bertz CT molecular complexity index is 419. The van der Waals surface area contributed by atoms with Crippen molar-refractivity contribution in [3.8, 4) is 0 Å². The molecular weight excluding hydrogens is 328 g/mol. The molecule has 80 valence electrons. The van der Waals surface area contributed by atoms with Gasteiger partial charge in [0.05, 0.1) is 0 Å². The Morgan fingerprint density at radius 3 is 2.53 bits per heavy atom. The number of hydrazone groups is 1. The summed E-state index contributed by atoms with van der Waals surface area (Å²) in [7, 11) is 0. The first-order valence-corrected chi connectivity index (χ1v) is 5.43. The predicted molar refractivity (Wildman–Crippen MR) is 65.1 cm³/mol. The van der Waals surface area contributed by atoms with Gasteiger partial charge in [-0.15, -0.1) is 5.10 Å². The standard InChI is InChI=1S/C8H8Br2N4O/c9-5-2-1-4(3-6(5)10)7(15)13-8(11)14-12/h1-3H,12H2,(H3,11,13,14,15). The molecular formula is C8H8Br2N4O. The van der Waals surface area contributed by atoms with Crippen LogP contribution in [-0.2, 0) is 0 Å². The second kappa shape index (κ2) is 5.13. The molecule has 0 saturated carbocycles. The minimum absolute atomic E-state index is 0.126. The molecule has 0 heterocycles. The van der Waals surface area contributed by atoms with Gasteiger partial charge in [0.1, 0.15) is 0 Å². The molecule has 0 fully saturated rings. The summed E-state index contributed by atoms with van der Waals surface area (Å²) in [5.41, 5.74) is 5.71. The Morgan fingerprint density at radius 1 is 1.33 bits per heavy atom. The summed E-state index contributed by atoms with van der Waals surface area (Å²) in [6.45, 7) is 0. The number of nitrogens with zero attached hydrogens (tertiary/aromatic N) is 1. The van der Waals surface area contributed by atoms with Crippen molar-refractivity contribution in [3.05, 3.63) is 32.7 Å². The van der Waals surface area contributed by atoms with Gasteiger partial charge in [-0.25, -0.2) is 0 Å². The van der Waals surface area contributed by atoms with Crippen molar-refractivity contribution in [2.75, 3.05) is 0 Å². The van der Waals surface area contributed by atoms with Crippen LogP contribution < -0.4 is 16.9 Å². The Balaban J connectivity index is 2.88. The highest BCUT2D eigenvalue weighted by molar-refractivity contribution is 9.13. The van der Waals surface area contributed by atoms with Crippen molar-refractivity contribution in [1.82, 2.24) is 5.32 Å². The van der Waals surface area contributed by atoms with E-state index in [0.29, 0.717) is 5.56 Å². The second-order valence-electron chi connectivity index (χ2n) is 2.60. The number of guanidine groups is 1. The van der Waals surface area contributed by atoms with Crippen LogP contribution in [0.4, 0.5) is 0 Å². The molecule has 1 aromatic rings. The number of rotatable bonds is 1. The lowest BCUT2D eigenvalue weighted by molar-refractivity contribution is 0.0976. The van der Waals surface area contributed by atoms with E-state index >= 15 is 0 Å². The Kier molecular flexibility index (Phi) is 4.10. The second-order valence-corrected chi connectivity index (χ2v) is 4.31. The van der Waals surface area contributed by atoms with Crippen LogP contribution in [0.5, 0.6) is 0 Å². The van der Waals surface area contributed by atoms with Gasteiger partial charge < -0.3 is 11.6 Å². The van der Waals surface area contributed by atoms with Crippen molar-refractivity contribution >= 4 is 43.7 Å². The molecule has 0 saturated heterocycles. The fraction of sp³-hybridized carbons (Fsp3) is 0. The zero-order valence-corrected chi connectivity index (χ0v) is 10.7. The number of nitrogens with two attached hydrogens (primary N) is 2. The molecule has 1 rings (SSSR count). The average Bonchev–Trinajstić information content (AvgIpc) is 2.21. The first kappa shape index (κ1) is 12.0. The molecule has 0 atom stereocenters. The lowest BCUT2D eigenvalue weighted by atomic mass is 10.2. The van der Waals surface area contributed by atoms with Crippen molar-refractivity contribution in [3.63, 3.8) is 0 Å². The number of benzene rings is 1. The summed E-state index contributed by atoms with van der Waals surface area (Å²) in [6, 6.07) is 5.05. The first-order valence-electron chi connectivity index (χ1n) is 3.84. The summed E-state index contributed by atoms with van der Waals surface area (Å²) >= 11 is 6.58. The summed E-state index contributed by atoms with van der Waals surface area (Å²) in [5, 5.41) is 5.46. The van der Waals surface area contributed by atoms with Crippen LogP contribution in [0.25, 0.3) is 0 Å². The van der Waals surface area contributed by atoms with Gasteiger partial charge in [-0.3, -0.25) is 10.1 Å². The van der Waals surface area contributed by atoms with Gasteiger partial charge in [-0.05, 0) is 50.1 Å². The minimum atomic E-state index is -0.366. The van der Waals surface area contributed by atoms with Gasteiger partial charge >= 0.3 is 0 Å². The maximum Gasteiger partial charge on any atom is 0.258 e. The number of halogens is 2. The van der Waals surface area contributed by atoms with E-state index in [1.54, 1.807) is 18.2 Å². The molecule has 1 aromatic carbocycles. The third-order valence-electron chi connectivity index (χ3n) is 1.56. The molecule has 7 heteroatoms. The van der Waals surface area contributed by atoms with Crippen LogP contribution in [0.15, 0.2) is 32.2 Å². The smallest absolute Gasteiger partial charge is 0.258 e. The van der Waals surface area contributed by atoms with E-state index in [1.165, 1.54) is 0 Å². The molecule has 0 radical (unpaired) electrons. The van der Waals surface area contributed by atoms with Gasteiger partial charge in [0, 0.05) is 14.5 Å². The van der Waals surface area contributed by atoms with Crippen molar-refractivity contribution in [2.24, 2.45) is 16.7 Å².